The van der Waals surface area contributed by atoms with Crippen LogP contribution in [0.15, 0.2) is 15.8 Å². The third kappa shape index (κ3) is 5.80. The van der Waals surface area contributed by atoms with Gasteiger partial charge in [-0.25, -0.2) is 4.79 Å². The zero-order valence-corrected chi connectivity index (χ0v) is 12.2. The lowest BCUT2D eigenvalue weighted by atomic mass is 10.2. The molecule has 4 N–H and O–H groups in total. The first kappa shape index (κ1) is 17.6. The van der Waals surface area contributed by atoms with Crippen LogP contribution in [-0.4, -0.2) is 47.1 Å². The van der Waals surface area contributed by atoms with E-state index in [-0.39, 0.29) is 19.4 Å². The Labute approximate surface area is 122 Å². The summed E-state index contributed by atoms with van der Waals surface area (Å²) in [5.41, 5.74) is 4.77. The molecule has 0 aliphatic heterocycles. The monoisotopic (exact) mass is 301 g/mol. The summed E-state index contributed by atoms with van der Waals surface area (Å²) >= 11 is 0. The molecule has 0 aliphatic rings. The Bertz CT molecular complexity index is 521. The van der Waals surface area contributed by atoms with Gasteiger partial charge in [-0.3, -0.25) is 14.3 Å². The zero-order chi connectivity index (χ0) is 15.7. The van der Waals surface area contributed by atoms with Crippen LogP contribution in [0.5, 0.6) is 0 Å². The maximum absolute atomic E-state index is 11.7. The average Bonchev–Trinajstić information content (AvgIpc) is 2.48. The summed E-state index contributed by atoms with van der Waals surface area (Å²) in [6, 6.07) is 0. The number of rotatable bonds is 10. The Morgan fingerprint density at radius 2 is 2.19 bits per heavy atom. The minimum absolute atomic E-state index is 0.0225. The first-order chi connectivity index (χ1) is 10.1. The van der Waals surface area contributed by atoms with Crippen LogP contribution in [0.4, 0.5) is 0 Å². The van der Waals surface area contributed by atoms with E-state index in [1.54, 1.807) is 0 Å². The molecule has 1 heterocycles. The lowest BCUT2D eigenvalue weighted by Crippen LogP contribution is -2.34. The van der Waals surface area contributed by atoms with Gasteiger partial charge in [0, 0.05) is 24.7 Å². The van der Waals surface area contributed by atoms with Gasteiger partial charge in [-0.2, -0.15) is 0 Å². The molecule has 120 valence electrons. The highest BCUT2D eigenvalue weighted by atomic mass is 16.5. The standard InChI is InChI=1S/C13H23N3O5/c1-2-11(8-17)21-9-16-7-10(3-5-20-6-4-14)12(18)15-13(16)19/h7,11,17H,2-6,8-9,14H2,1H3,(H,15,18,19)/t11-/m0/s1. The van der Waals surface area contributed by atoms with Gasteiger partial charge in [-0.05, 0) is 6.42 Å². The molecule has 0 bridgehead atoms. The van der Waals surface area contributed by atoms with Crippen molar-refractivity contribution in [2.24, 2.45) is 5.73 Å². The smallest absolute Gasteiger partial charge is 0.330 e. The molecule has 0 unspecified atom stereocenters. The van der Waals surface area contributed by atoms with E-state index < -0.39 is 11.2 Å². The van der Waals surface area contributed by atoms with Crippen LogP contribution < -0.4 is 17.0 Å². The van der Waals surface area contributed by atoms with Gasteiger partial charge in [0.15, 0.2) is 0 Å². The Kier molecular flexibility index (Phi) is 7.91. The quantitative estimate of drug-likeness (QED) is 0.467. The van der Waals surface area contributed by atoms with E-state index in [1.165, 1.54) is 10.8 Å². The van der Waals surface area contributed by atoms with Gasteiger partial charge in [0.25, 0.3) is 5.56 Å². The van der Waals surface area contributed by atoms with Crippen molar-refractivity contribution in [2.45, 2.75) is 32.6 Å². The van der Waals surface area contributed by atoms with Gasteiger partial charge in [0.05, 0.1) is 25.9 Å². The molecule has 8 heteroatoms. The fraction of sp³-hybridized carbons (Fsp3) is 0.692. The van der Waals surface area contributed by atoms with Crippen molar-refractivity contribution in [3.63, 3.8) is 0 Å². The van der Waals surface area contributed by atoms with E-state index in [1.807, 2.05) is 6.92 Å². The minimum Gasteiger partial charge on any atom is -0.394 e. The number of nitrogens with two attached hydrogens (primary N) is 1. The fourth-order valence-electron chi connectivity index (χ4n) is 1.68. The number of H-pyrrole nitrogens is 1. The molecule has 0 spiro atoms. The van der Waals surface area contributed by atoms with Gasteiger partial charge in [0.1, 0.15) is 6.73 Å². The predicted octanol–water partition coefficient (Wildman–Crippen LogP) is -1.20. The molecule has 0 aliphatic carbocycles. The summed E-state index contributed by atoms with van der Waals surface area (Å²) in [4.78, 5) is 25.6. The highest BCUT2D eigenvalue weighted by Crippen LogP contribution is 1.98. The molecule has 0 radical (unpaired) electrons. The summed E-state index contributed by atoms with van der Waals surface area (Å²) in [6.45, 7) is 2.93. The molecule has 1 atom stereocenters. The van der Waals surface area contributed by atoms with E-state index in [0.717, 1.165) is 0 Å². The van der Waals surface area contributed by atoms with Gasteiger partial charge in [-0.15, -0.1) is 0 Å². The van der Waals surface area contributed by atoms with Crippen LogP contribution in [-0.2, 0) is 22.6 Å². The SMILES string of the molecule is CC[C@@H](CO)OCn1cc(CCOCCN)c(=O)[nH]c1=O. The van der Waals surface area contributed by atoms with Crippen LogP contribution in [0.3, 0.4) is 0 Å². The second kappa shape index (κ2) is 9.46. The third-order valence-electron chi connectivity index (χ3n) is 2.97. The summed E-state index contributed by atoms with van der Waals surface area (Å²) in [6.07, 6.45) is 2.14. The fourth-order valence-corrected chi connectivity index (χ4v) is 1.68. The van der Waals surface area contributed by atoms with E-state index in [9.17, 15) is 9.59 Å². The molecule has 1 aromatic rings. The molecule has 0 aromatic carbocycles. The maximum atomic E-state index is 11.7. The van der Waals surface area contributed by atoms with Crippen molar-refractivity contribution >= 4 is 0 Å². The number of hydrogen-bond acceptors (Lipinski definition) is 6. The number of ether oxygens (including phenoxy) is 2. The van der Waals surface area contributed by atoms with Crippen molar-refractivity contribution in [3.05, 3.63) is 32.6 Å². The molecule has 0 amide bonds. The van der Waals surface area contributed by atoms with Crippen LogP contribution >= 0.6 is 0 Å². The average molecular weight is 301 g/mol. The number of aromatic amines is 1. The Balaban J connectivity index is 2.71. The van der Waals surface area contributed by atoms with Crippen LogP contribution in [0.25, 0.3) is 0 Å². The van der Waals surface area contributed by atoms with E-state index in [2.05, 4.69) is 4.98 Å². The predicted molar refractivity (Wildman–Crippen MR) is 77.1 cm³/mol. The summed E-state index contributed by atoms with van der Waals surface area (Å²) in [7, 11) is 0. The lowest BCUT2D eigenvalue weighted by molar-refractivity contribution is -0.0270. The molecule has 0 saturated carbocycles. The van der Waals surface area contributed by atoms with Crippen LogP contribution in [0.2, 0.25) is 0 Å². The third-order valence-corrected chi connectivity index (χ3v) is 2.97. The Morgan fingerprint density at radius 1 is 1.43 bits per heavy atom. The number of nitrogens with zero attached hydrogens (tertiary/aromatic N) is 1. The number of hydrogen-bond donors (Lipinski definition) is 3. The number of nitrogens with one attached hydrogen (secondary N) is 1. The first-order valence-corrected chi connectivity index (χ1v) is 6.95. The molecule has 0 fully saturated rings. The molecule has 1 rings (SSSR count). The molecular weight excluding hydrogens is 278 g/mol. The summed E-state index contributed by atoms with van der Waals surface area (Å²) in [5, 5.41) is 9.04. The zero-order valence-electron chi connectivity index (χ0n) is 12.2. The molecule has 0 saturated heterocycles. The van der Waals surface area contributed by atoms with Crippen molar-refractivity contribution in [3.8, 4) is 0 Å². The molecule has 1 aromatic heterocycles. The van der Waals surface area contributed by atoms with Gasteiger partial charge in [-0.1, -0.05) is 6.92 Å². The van der Waals surface area contributed by atoms with Crippen LogP contribution in [0.1, 0.15) is 18.9 Å². The lowest BCUT2D eigenvalue weighted by Gasteiger charge is -2.14. The van der Waals surface area contributed by atoms with Gasteiger partial charge in [0.2, 0.25) is 0 Å². The van der Waals surface area contributed by atoms with E-state index in [4.69, 9.17) is 20.3 Å². The van der Waals surface area contributed by atoms with Crippen molar-refractivity contribution in [1.82, 2.24) is 9.55 Å². The van der Waals surface area contributed by atoms with Crippen molar-refractivity contribution in [2.75, 3.05) is 26.4 Å². The molecular formula is C13H23N3O5. The Hall–Kier alpha value is -1.48. The number of aromatic nitrogens is 2. The topological polar surface area (TPSA) is 120 Å². The van der Waals surface area contributed by atoms with Gasteiger partial charge < -0.3 is 20.3 Å². The number of aliphatic hydroxyl groups is 1. The highest BCUT2D eigenvalue weighted by Gasteiger charge is 2.08. The van der Waals surface area contributed by atoms with E-state index in [0.29, 0.717) is 38.2 Å². The van der Waals surface area contributed by atoms with E-state index >= 15 is 0 Å². The van der Waals surface area contributed by atoms with Gasteiger partial charge >= 0.3 is 5.69 Å². The van der Waals surface area contributed by atoms with Crippen molar-refractivity contribution < 1.29 is 14.6 Å². The normalized spacial score (nSPS) is 12.5. The minimum atomic E-state index is -0.542. The van der Waals surface area contributed by atoms with Crippen molar-refractivity contribution in [1.29, 1.82) is 0 Å². The Morgan fingerprint density at radius 3 is 2.81 bits per heavy atom. The maximum Gasteiger partial charge on any atom is 0.330 e. The molecule has 8 nitrogen and oxygen atoms in total. The first-order valence-electron chi connectivity index (χ1n) is 6.95. The van der Waals surface area contributed by atoms with Crippen LogP contribution in [0, 0.1) is 0 Å². The highest BCUT2D eigenvalue weighted by molar-refractivity contribution is 5.04. The summed E-state index contributed by atoms with van der Waals surface area (Å²) in [5.74, 6) is 0. The summed E-state index contributed by atoms with van der Waals surface area (Å²) < 4.78 is 11.9. The second-order valence-corrected chi connectivity index (χ2v) is 4.54. The number of aliphatic hydroxyl groups excluding tert-OH is 1. The largest absolute Gasteiger partial charge is 0.394 e. The molecule has 21 heavy (non-hydrogen) atoms. The second-order valence-electron chi connectivity index (χ2n) is 4.54.